The predicted octanol–water partition coefficient (Wildman–Crippen LogP) is 3.93. The molecular formula is C18H22Cl2N2O. The Morgan fingerprint density at radius 1 is 1.13 bits per heavy atom. The molecule has 5 heteroatoms. The number of piperazine rings is 1. The highest BCUT2D eigenvalue weighted by atomic mass is 35.5. The van der Waals surface area contributed by atoms with E-state index in [1.165, 1.54) is 5.69 Å². The van der Waals surface area contributed by atoms with Crippen LogP contribution in [0.4, 0.5) is 5.69 Å². The van der Waals surface area contributed by atoms with Crippen molar-refractivity contribution in [2.24, 2.45) is 17.3 Å². The van der Waals surface area contributed by atoms with Crippen molar-refractivity contribution in [1.29, 1.82) is 0 Å². The molecule has 1 aromatic rings. The second-order valence-corrected chi connectivity index (χ2v) is 7.94. The Morgan fingerprint density at radius 2 is 1.74 bits per heavy atom. The summed E-state index contributed by atoms with van der Waals surface area (Å²) < 4.78 is 0.257. The first kappa shape index (κ1) is 16.7. The number of para-hydroxylation sites is 1. The van der Waals surface area contributed by atoms with E-state index in [4.69, 9.17) is 23.2 Å². The first-order valence-corrected chi connectivity index (χ1v) is 8.78. The summed E-state index contributed by atoms with van der Waals surface area (Å²) in [7, 11) is 0. The molecule has 2 aliphatic rings. The van der Waals surface area contributed by atoms with Crippen LogP contribution in [-0.4, -0.2) is 37.0 Å². The summed E-state index contributed by atoms with van der Waals surface area (Å²) in [5, 5.41) is 0. The molecule has 0 spiro atoms. The van der Waals surface area contributed by atoms with Crippen LogP contribution in [-0.2, 0) is 4.79 Å². The van der Waals surface area contributed by atoms with Crippen LogP contribution >= 0.6 is 23.2 Å². The molecule has 3 nitrogen and oxygen atoms in total. The molecular weight excluding hydrogens is 331 g/mol. The van der Waals surface area contributed by atoms with E-state index >= 15 is 0 Å². The average molecular weight is 353 g/mol. The van der Waals surface area contributed by atoms with E-state index in [1.54, 1.807) is 0 Å². The van der Waals surface area contributed by atoms with E-state index in [9.17, 15) is 4.79 Å². The molecule has 0 N–H and O–H groups in total. The van der Waals surface area contributed by atoms with Crippen molar-refractivity contribution in [2.45, 2.75) is 13.8 Å². The summed E-state index contributed by atoms with van der Waals surface area (Å²) >= 11 is 11.6. The molecule has 23 heavy (non-hydrogen) atoms. The maximum atomic E-state index is 12.8. The predicted molar refractivity (Wildman–Crippen MR) is 95.8 cm³/mol. The van der Waals surface area contributed by atoms with E-state index in [0.717, 1.165) is 26.2 Å². The fraction of sp³-hybridized carbons (Fsp3) is 0.500. The van der Waals surface area contributed by atoms with Crippen molar-refractivity contribution in [3.05, 3.63) is 40.9 Å². The van der Waals surface area contributed by atoms with E-state index in [-0.39, 0.29) is 27.6 Å². The SMILES string of the molecule is CC1(C)[C@H](C(=O)N2CCN(c3ccccc3)CC2)[C@@H]1C=C(Cl)Cl. The molecule has 1 heterocycles. The molecule has 2 fully saturated rings. The van der Waals surface area contributed by atoms with Crippen LogP contribution in [0.15, 0.2) is 40.9 Å². The molecule has 1 aliphatic heterocycles. The number of carbonyl (C=O) groups excluding carboxylic acids is 1. The van der Waals surface area contributed by atoms with Crippen LogP contribution < -0.4 is 4.90 Å². The lowest BCUT2D eigenvalue weighted by Gasteiger charge is -2.36. The molecule has 2 atom stereocenters. The monoisotopic (exact) mass is 352 g/mol. The fourth-order valence-corrected chi connectivity index (χ4v) is 3.89. The van der Waals surface area contributed by atoms with Gasteiger partial charge in [-0.2, -0.15) is 0 Å². The van der Waals surface area contributed by atoms with E-state index in [2.05, 4.69) is 30.9 Å². The van der Waals surface area contributed by atoms with Crippen LogP contribution in [0, 0.1) is 17.3 Å². The van der Waals surface area contributed by atoms with Gasteiger partial charge in [0.2, 0.25) is 5.91 Å². The van der Waals surface area contributed by atoms with Crippen molar-refractivity contribution in [2.75, 3.05) is 31.1 Å². The van der Waals surface area contributed by atoms with E-state index in [0.29, 0.717) is 0 Å². The van der Waals surface area contributed by atoms with Gasteiger partial charge in [0.05, 0.1) is 5.92 Å². The zero-order chi connectivity index (χ0) is 16.6. The van der Waals surface area contributed by atoms with Gasteiger partial charge in [0.15, 0.2) is 0 Å². The van der Waals surface area contributed by atoms with Gasteiger partial charge in [-0.25, -0.2) is 0 Å². The van der Waals surface area contributed by atoms with Crippen molar-refractivity contribution < 1.29 is 4.79 Å². The van der Waals surface area contributed by atoms with Gasteiger partial charge in [0.1, 0.15) is 4.49 Å². The molecule has 0 radical (unpaired) electrons. The summed E-state index contributed by atoms with van der Waals surface area (Å²) in [5.74, 6) is 0.379. The van der Waals surface area contributed by atoms with Gasteiger partial charge in [-0.3, -0.25) is 4.79 Å². The molecule has 1 aromatic carbocycles. The number of hydrogen-bond donors (Lipinski definition) is 0. The maximum Gasteiger partial charge on any atom is 0.226 e. The van der Waals surface area contributed by atoms with Gasteiger partial charge in [-0.1, -0.05) is 55.2 Å². The zero-order valence-electron chi connectivity index (χ0n) is 13.5. The quantitative estimate of drug-likeness (QED) is 0.822. The number of halogens is 2. The Balaban J connectivity index is 1.60. The number of allylic oxidation sites excluding steroid dienone is 1. The average Bonchev–Trinajstić information content (AvgIpc) is 3.07. The Kier molecular flexibility index (Phi) is 4.61. The zero-order valence-corrected chi connectivity index (χ0v) is 15.0. The summed E-state index contributed by atoms with van der Waals surface area (Å²) in [6.45, 7) is 7.50. The van der Waals surface area contributed by atoms with Gasteiger partial charge < -0.3 is 9.80 Å². The molecule has 0 unspecified atom stereocenters. The molecule has 0 aromatic heterocycles. The second kappa shape index (κ2) is 6.37. The molecule has 1 saturated carbocycles. The Labute approximate surface area is 147 Å². The van der Waals surface area contributed by atoms with Crippen LogP contribution in [0.2, 0.25) is 0 Å². The van der Waals surface area contributed by atoms with Crippen molar-refractivity contribution in [3.63, 3.8) is 0 Å². The van der Waals surface area contributed by atoms with Crippen LogP contribution in [0.5, 0.6) is 0 Å². The number of rotatable bonds is 3. The highest BCUT2D eigenvalue weighted by molar-refractivity contribution is 6.55. The summed E-state index contributed by atoms with van der Waals surface area (Å²) in [5.41, 5.74) is 1.17. The smallest absolute Gasteiger partial charge is 0.226 e. The van der Waals surface area contributed by atoms with Gasteiger partial charge in [-0.05, 0) is 29.5 Å². The number of benzene rings is 1. The third-order valence-corrected chi connectivity index (χ3v) is 5.45. The van der Waals surface area contributed by atoms with Gasteiger partial charge >= 0.3 is 0 Å². The lowest BCUT2D eigenvalue weighted by Crippen LogP contribution is -2.49. The molecule has 1 amide bonds. The number of carbonyl (C=O) groups is 1. The Morgan fingerprint density at radius 3 is 2.30 bits per heavy atom. The summed E-state index contributed by atoms with van der Waals surface area (Å²) in [6.07, 6.45) is 1.81. The van der Waals surface area contributed by atoms with Gasteiger partial charge in [0.25, 0.3) is 0 Å². The molecule has 124 valence electrons. The first-order valence-electron chi connectivity index (χ1n) is 8.03. The number of anilines is 1. The second-order valence-electron chi connectivity index (χ2n) is 6.93. The maximum absolute atomic E-state index is 12.8. The highest BCUT2D eigenvalue weighted by Crippen LogP contribution is 2.60. The van der Waals surface area contributed by atoms with Crippen LogP contribution in [0.1, 0.15) is 13.8 Å². The lowest BCUT2D eigenvalue weighted by molar-refractivity contribution is -0.133. The minimum Gasteiger partial charge on any atom is -0.368 e. The summed E-state index contributed by atoms with van der Waals surface area (Å²) in [6, 6.07) is 10.3. The van der Waals surface area contributed by atoms with Gasteiger partial charge in [0, 0.05) is 31.9 Å². The van der Waals surface area contributed by atoms with Crippen molar-refractivity contribution >= 4 is 34.8 Å². The Hall–Kier alpha value is -1.19. The number of hydrogen-bond acceptors (Lipinski definition) is 2. The van der Waals surface area contributed by atoms with Gasteiger partial charge in [-0.15, -0.1) is 0 Å². The third-order valence-electron chi connectivity index (χ3n) is 5.19. The normalized spacial score (nSPS) is 25.9. The van der Waals surface area contributed by atoms with Crippen molar-refractivity contribution in [1.82, 2.24) is 4.90 Å². The first-order chi connectivity index (χ1) is 10.9. The minimum atomic E-state index is -0.0529. The highest BCUT2D eigenvalue weighted by Gasteiger charge is 2.61. The molecule has 0 bridgehead atoms. The summed E-state index contributed by atoms with van der Waals surface area (Å²) in [4.78, 5) is 17.1. The largest absolute Gasteiger partial charge is 0.368 e. The Bertz CT molecular complexity index is 603. The van der Waals surface area contributed by atoms with E-state index < -0.39 is 0 Å². The fourth-order valence-electron chi connectivity index (χ4n) is 3.62. The number of nitrogens with zero attached hydrogens (tertiary/aromatic N) is 2. The standard InChI is InChI=1S/C18H22Cl2N2O/c1-18(2)14(12-15(19)20)16(18)17(23)22-10-8-21(9-11-22)13-6-4-3-5-7-13/h3-7,12,14,16H,8-11H2,1-2H3/t14-,16-/m0/s1. The molecule has 1 saturated heterocycles. The molecule has 3 rings (SSSR count). The number of amides is 1. The lowest BCUT2D eigenvalue weighted by atomic mass is 10.1. The van der Waals surface area contributed by atoms with Crippen molar-refractivity contribution in [3.8, 4) is 0 Å². The third kappa shape index (κ3) is 3.36. The molecule has 1 aliphatic carbocycles. The topological polar surface area (TPSA) is 23.6 Å². The van der Waals surface area contributed by atoms with E-state index in [1.807, 2.05) is 29.2 Å². The van der Waals surface area contributed by atoms with Crippen LogP contribution in [0.25, 0.3) is 0 Å². The van der Waals surface area contributed by atoms with Crippen LogP contribution in [0.3, 0.4) is 0 Å². The minimum absolute atomic E-state index is 0.00160.